The molecular weight excluding hydrogens is 306 g/mol. The molecule has 0 aliphatic carbocycles. The van der Waals surface area contributed by atoms with E-state index < -0.39 is 0 Å². The number of aromatic amines is 1. The molecule has 4 N–H and O–H groups in total. The minimum absolute atomic E-state index is 0.551. The van der Waals surface area contributed by atoms with Crippen LogP contribution < -0.4 is 11.1 Å². The largest absolute Gasteiger partial charge is 0.343 e. The number of aromatic nitrogens is 2. The number of thiocarbonyl (C=S) groups is 1. The molecule has 3 aromatic rings. The summed E-state index contributed by atoms with van der Waals surface area (Å²) in [5, 5.41) is 12.0. The molecule has 23 heavy (non-hydrogen) atoms. The number of nitrogens with one attached hydrogen (secondary N) is 2. The number of nitrogens with two attached hydrogens (primary N) is 1. The minimum Gasteiger partial charge on any atom is -0.343 e. The molecule has 118 valence electrons. The van der Waals surface area contributed by atoms with E-state index in [1.165, 1.54) is 5.56 Å². The fraction of sp³-hybridized carbons (Fsp3) is 0.176. The van der Waals surface area contributed by atoms with E-state index in [0.29, 0.717) is 18.2 Å². The summed E-state index contributed by atoms with van der Waals surface area (Å²) in [7, 11) is 0. The average Bonchev–Trinajstić information content (AvgIpc) is 3.03. The summed E-state index contributed by atoms with van der Waals surface area (Å²) in [5.41, 5.74) is 8.89. The predicted octanol–water partition coefficient (Wildman–Crippen LogP) is 2.72. The van der Waals surface area contributed by atoms with E-state index in [2.05, 4.69) is 32.5 Å². The van der Waals surface area contributed by atoms with Gasteiger partial charge in [0.05, 0.1) is 11.7 Å². The Labute approximate surface area is 140 Å². The van der Waals surface area contributed by atoms with Crippen molar-refractivity contribution < 1.29 is 0 Å². The van der Waals surface area contributed by atoms with Crippen LogP contribution in [0.2, 0.25) is 0 Å². The van der Waals surface area contributed by atoms with Crippen molar-refractivity contribution in [3.8, 4) is 0 Å². The van der Waals surface area contributed by atoms with Crippen LogP contribution in [0.4, 0.5) is 5.69 Å². The first kappa shape index (κ1) is 15.5. The lowest BCUT2D eigenvalue weighted by Crippen LogP contribution is -2.37. The Morgan fingerprint density at radius 2 is 2.04 bits per heavy atom. The quantitative estimate of drug-likeness (QED) is 0.629. The summed E-state index contributed by atoms with van der Waals surface area (Å²) >= 11 is 5.56. The molecule has 0 aliphatic heterocycles. The third kappa shape index (κ3) is 3.85. The molecule has 0 radical (unpaired) electrons. The summed E-state index contributed by atoms with van der Waals surface area (Å²) in [6.45, 7) is 1.99. The van der Waals surface area contributed by atoms with E-state index in [9.17, 15) is 0 Å². The van der Waals surface area contributed by atoms with Gasteiger partial charge in [0.15, 0.2) is 5.11 Å². The number of anilines is 1. The van der Waals surface area contributed by atoms with E-state index >= 15 is 0 Å². The molecule has 0 saturated carbocycles. The monoisotopic (exact) mass is 325 g/mol. The van der Waals surface area contributed by atoms with Crippen LogP contribution in [0.3, 0.4) is 0 Å². The van der Waals surface area contributed by atoms with Gasteiger partial charge in [-0.15, -0.1) is 0 Å². The molecule has 0 atom stereocenters. The SMILES string of the molecule is NCCN(Cc1ccccc1)C(=S)Nc1ccc2[nH]ncc2c1. The molecule has 0 bridgehead atoms. The lowest BCUT2D eigenvalue weighted by atomic mass is 10.2. The van der Waals surface area contributed by atoms with Gasteiger partial charge in [0.2, 0.25) is 0 Å². The second kappa shape index (κ2) is 7.21. The van der Waals surface area contributed by atoms with Crippen molar-refractivity contribution in [2.75, 3.05) is 18.4 Å². The Bertz CT molecular complexity index is 784. The average molecular weight is 325 g/mol. The topological polar surface area (TPSA) is 70.0 Å². The zero-order chi connectivity index (χ0) is 16.1. The van der Waals surface area contributed by atoms with Crippen LogP contribution in [0.1, 0.15) is 5.56 Å². The first-order valence-electron chi connectivity index (χ1n) is 7.49. The van der Waals surface area contributed by atoms with E-state index in [0.717, 1.165) is 23.1 Å². The van der Waals surface area contributed by atoms with Gasteiger partial charge in [0, 0.05) is 30.7 Å². The molecule has 6 heteroatoms. The third-order valence-electron chi connectivity index (χ3n) is 3.59. The molecule has 1 heterocycles. The van der Waals surface area contributed by atoms with E-state index in [4.69, 9.17) is 18.0 Å². The number of rotatable bonds is 5. The molecule has 0 fully saturated rings. The van der Waals surface area contributed by atoms with Crippen LogP contribution in [-0.2, 0) is 6.54 Å². The minimum atomic E-state index is 0.551. The number of hydrogen-bond donors (Lipinski definition) is 3. The fourth-order valence-corrected chi connectivity index (χ4v) is 2.71. The molecule has 5 nitrogen and oxygen atoms in total. The van der Waals surface area contributed by atoms with Crippen LogP contribution in [0.25, 0.3) is 10.9 Å². The van der Waals surface area contributed by atoms with E-state index in [1.807, 2.05) is 36.4 Å². The van der Waals surface area contributed by atoms with Crippen LogP contribution in [0, 0.1) is 0 Å². The van der Waals surface area contributed by atoms with E-state index in [-0.39, 0.29) is 0 Å². The molecule has 0 aliphatic rings. The van der Waals surface area contributed by atoms with Gasteiger partial charge in [0.1, 0.15) is 0 Å². The highest BCUT2D eigenvalue weighted by atomic mass is 32.1. The molecule has 1 aromatic heterocycles. The number of hydrogen-bond acceptors (Lipinski definition) is 3. The zero-order valence-corrected chi connectivity index (χ0v) is 13.5. The van der Waals surface area contributed by atoms with Gasteiger partial charge in [-0.25, -0.2) is 0 Å². The van der Waals surface area contributed by atoms with Crippen molar-refractivity contribution >= 4 is 33.9 Å². The standard InChI is InChI=1S/C17H19N5S/c18-8-9-22(12-13-4-2-1-3-5-13)17(23)20-15-6-7-16-14(10-15)11-19-21-16/h1-7,10-11H,8-9,12,18H2,(H,19,21)(H,20,23). The molecule has 0 amide bonds. The second-order valence-electron chi connectivity index (χ2n) is 5.30. The van der Waals surface area contributed by atoms with Crippen molar-refractivity contribution in [1.82, 2.24) is 15.1 Å². The Kier molecular flexibility index (Phi) is 4.85. The van der Waals surface area contributed by atoms with Gasteiger partial charge in [-0.1, -0.05) is 30.3 Å². The summed E-state index contributed by atoms with van der Waals surface area (Å²) in [4.78, 5) is 2.07. The molecule has 0 saturated heterocycles. The number of H-pyrrole nitrogens is 1. The Morgan fingerprint density at radius 3 is 2.83 bits per heavy atom. The van der Waals surface area contributed by atoms with Crippen molar-refractivity contribution in [2.24, 2.45) is 5.73 Å². The predicted molar refractivity (Wildman–Crippen MR) is 98.2 cm³/mol. The second-order valence-corrected chi connectivity index (χ2v) is 5.68. The maximum absolute atomic E-state index is 5.73. The van der Waals surface area contributed by atoms with Crippen molar-refractivity contribution in [1.29, 1.82) is 0 Å². The Hall–Kier alpha value is -2.44. The highest BCUT2D eigenvalue weighted by Crippen LogP contribution is 2.17. The molecule has 3 rings (SSSR count). The van der Waals surface area contributed by atoms with Gasteiger partial charge in [0.25, 0.3) is 0 Å². The highest BCUT2D eigenvalue weighted by molar-refractivity contribution is 7.80. The lowest BCUT2D eigenvalue weighted by molar-refractivity contribution is 0.429. The summed E-state index contributed by atoms with van der Waals surface area (Å²) in [5.74, 6) is 0. The maximum atomic E-state index is 5.73. The summed E-state index contributed by atoms with van der Waals surface area (Å²) < 4.78 is 0. The summed E-state index contributed by atoms with van der Waals surface area (Å²) in [6, 6.07) is 16.2. The van der Waals surface area contributed by atoms with E-state index in [1.54, 1.807) is 6.20 Å². The molecule has 0 unspecified atom stereocenters. The van der Waals surface area contributed by atoms with Gasteiger partial charge < -0.3 is 16.0 Å². The summed E-state index contributed by atoms with van der Waals surface area (Å²) in [6.07, 6.45) is 1.80. The van der Waals surface area contributed by atoms with Gasteiger partial charge in [-0.3, -0.25) is 5.10 Å². The van der Waals surface area contributed by atoms with Crippen molar-refractivity contribution in [2.45, 2.75) is 6.54 Å². The van der Waals surface area contributed by atoms with Crippen molar-refractivity contribution in [3.05, 3.63) is 60.3 Å². The molecule has 0 spiro atoms. The first-order valence-corrected chi connectivity index (χ1v) is 7.90. The fourth-order valence-electron chi connectivity index (χ4n) is 2.44. The lowest BCUT2D eigenvalue weighted by Gasteiger charge is -2.25. The number of benzene rings is 2. The van der Waals surface area contributed by atoms with Crippen LogP contribution in [0.5, 0.6) is 0 Å². The Morgan fingerprint density at radius 1 is 1.22 bits per heavy atom. The normalized spacial score (nSPS) is 10.7. The van der Waals surface area contributed by atoms with Gasteiger partial charge in [-0.2, -0.15) is 5.10 Å². The number of fused-ring (bicyclic) bond motifs is 1. The maximum Gasteiger partial charge on any atom is 0.173 e. The van der Waals surface area contributed by atoms with Crippen LogP contribution in [-0.4, -0.2) is 33.3 Å². The van der Waals surface area contributed by atoms with Gasteiger partial charge >= 0.3 is 0 Å². The van der Waals surface area contributed by atoms with Crippen molar-refractivity contribution in [3.63, 3.8) is 0 Å². The number of nitrogens with zero attached hydrogens (tertiary/aromatic N) is 2. The third-order valence-corrected chi connectivity index (χ3v) is 3.95. The smallest absolute Gasteiger partial charge is 0.173 e. The van der Waals surface area contributed by atoms with Crippen LogP contribution in [0.15, 0.2) is 54.7 Å². The van der Waals surface area contributed by atoms with Gasteiger partial charge in [-0.05, 0) is 36.0 Å². The first-order chi connectivity index (χ1) is 11.3. The van der Waals surface area contributed by atoms with Crippen LogP contribution >= 0.6 is 12.2 Å². The molecular formula is C17H19N5S. The molecule has 2 aromatic carbocycles. The Balaban J connectivity index is 1.72. The highest BCUT2D eigenvalue weighted by Gasteiger charge is 2.10. The zero-order valence-electron chi connectivity index (χ0n) is 12.7.